The number of nitrogens with one attached hydrogen (secondary N) is 1. The molecule has 0 aromatic heterocycles. The Morgan fingerprint density at radius 1 is 1.26 bits per heavy atom. The summed E-state index contributed by atoms with van der Waals surface area (Å²) in [5.41, 5.74) is 5.67. The molecule has 1 fully saturated rings. The van der Waals surface area contributed by atoms with Crippen LogP contribution in [0.25, 0.3) is 0 Å². The molecule has 3 N–H and O–H groups in total. The minimum absolute atomic E-state index is 0.0188. The van der Waals surface area contributed by atoms with Gasteiger partial charge < -0.3 is 11.1 Å². The number of hydrogen-bond donors (Lipinski definition) is 2. The predicted octanol–water partition coefficient (Wildman–Crippen LogP) is 1.69. The summed E-state index contributed by atoms with van der Waals surface area (Å²) in [6.07, 6.45) is 4.77. The summed E-state index contributed by atoms with van der Waals surface area (Å²) >= 11 is 0. The molecule has 0 bridgehead atoms. The van der Waals surface area contributed by atoms with E-state index in [0.29, 0.717) is 5.56 Å². The van der Waals surface area contributed by atoms with Crippen molar-refractivity contribution in [3.05, 3.63) is 39.9 Å². The highest BCUT2D eigenvalue weighted by Gasteiger charge is 2.27. The molecule has 0 heterocycles. The molecule has 0 aliphatic heterocycles. The average Bonchev–Trinajstić information content (AvgIpc) is 2.55. The average molecular weight is 319 g/mol. The zero-order valence-corrected chi connectivity index (χ0v) is 12.9. The number of amides is 2. The van der Waals surface area contributed by atoms with Crippen LogP contribution in [0.2, 0.25) is 0 Å². The highest BCUT2D eigenvalue weighted by atomic mass is 16.6. The van der Waals surface area contributed by atoms with Crippen LogP contribution < -0.4 is 11.1 Å². The standard InChI is InChI=1S/C16H21N3O4/c17-15(20)13(18-16(21)11-6-2-1-3-7-11)10-12-8-4-5-9-14(12)19(22)23/h4-5,8-9,11,13H,1-3,6-7,10H2,(H2,17,20)(H,18,21)/t13-/m0/s1. The maximum Gasteiger partial charge on any atom is 0.272 e. The molecule has 2 amide bonds. The number of rotatable bonds is 6. The lowest BCUT2D eigenvalue weighted by Gasteiger charge is -2.23. The van der Waals surface area contributed by atoms with Crippen molar-refractivity contribution in [2.45, 2.75) is 44.6 Å². The molecule has 124 valence electrons. The van der Waals surface area contributed by atoms with Gasteiger partial charge in [0, 0.05) is 24.0 Å². The second-order valence-corrected chi connectivity index (χ2v) is 5.89. The van der Waals surface area contributed by atoms with Crippen molar-refractivity contribution in [1.82, 2.24) is 5.32 Å². The van der Waals surface area contributed by atoms with Gasteiger partial charge in [-0.15, -0.1) is 0 Å². The van der Waals surface area contributed by atoms with Gasteiger partial charge in [-0.1, -0.05) is 37.5 Å². The van der Waals surface area contributed by atoms with E-state index in [1.54, 1.807) is 18.2 Å². The Hall–Kier alpha value is -2.44. The molecule has 1 aliphatic carbocycles. The van der Waals surface area contributed by atoms with Gasteiger partial charge in [0.25, 0.3) is 5.69 Å². The maximum absolute atomic E-state index is 12.3. The number of nitrogens with two attached hydrogens (primary N) is 1. The van der Waals surface area contributed by atoms with Gasteiger partial charge in [0.2, 0.25) is 11.8 Å². The predicted molar refractivity (Wildman–Crippen MR) is 84.5 cm³/mol. The molecule has 0 saturated heterocycles. The molecule has 1 aliphatic rings. The van der Waals surface area contributed by atoms with Crippen molar-refractivity contribution in [2.75, 3.05) is 0 Å². The molecular weight excluding hydrogens is 298 g/mol. The van der Waals surface area contributed by atoms with E-state index < -0.39 is 16.9 Å². The second kappa shape index (κ2) is 7.71. The fourth-order valence-electron chi connectivity index (χ4n) is 2.96. The fraction of sp³-hybridized carbons (Fsp3) is 0.500. The summed E-state index contributed by atoms with van der Waals surface area (Å²) in [7, 11) is 0. The first-order valence-electron chi connectivity index (χ1n) is 7.81. The van der Waals surface area contributed by atoms with Crippen LogP contribution in [-0.4, -0.2) is 22.8 Å². The van der Waals surface area contributed by atoms with E-state index in [-0.39, 0.29) is 23.9 Å². The van der Waals surface area contributed by atoms with Crippen molar-refractivity contribution in [3.63, 3.8) is 0 Å². The van der Waals surface area contributed by atoms with Crippen molar-refractivity contribution < 1.29 is 14.5 Å². The Bertz CT molecular complexity index is 597. The number of primary amides is 1. The van der Waals surface area contributed by atoms with Gasteiger partial charge in [-0.3, -0.25) is 19.7 Å². The van der Waals surface area contributed by atoms with Crippen LogP contribution in [0.15, 0.2) is 24.3 Å². The third-order valence-corrected chi connectivity index (χ3v) is 4.25. The van der Waals surface area contributed by atoms with Crippen LogP contribution in [0.3, 0.4) is 0 Å². The number of nitro groups is 1. The van der Waals surface area contributed by atoms with E-state index >= 15 is 0 Å². The molecule has 0 unspecified atom stereocenters. The van der Waals surface area contributed by atoms with E-state index in [4.69, 9.17) is 5.73 Å². The second-order valence-electron chi connectivity index (χ2n) is 5.89. The lowest BCUT2D eigenvalue weighted by atomic mass is 9.88. The number of benzene rings is 1. The molecule has 1 aromatic carbocycles. The Labute approximate surface area is 134 Å². The summed E-state index contributed by atoms with van der Waals surface area (Å²) < 4.78 is 0. The highest BCUT2D eigenvalue weighted by Crippen LogP contribution is 2.24. The first-order chi connectivity index (χ1) is 11.0. The van der Waals surface area contributed by atoms with Gasteiger partial charge in [-0.05, 0) is 12.8 Å². The zero-order valence-electron chi connectivity index (χ0n) is 12.9. The van der Waals surface area contributed by atoms with Gasteiger partial charge in [0.05, 0.1) is 4.92 Å². The Morgan fingerprint density at radius 2 is 1.91 bits per heavy atom. The molecule has 2 rings (SSSR count). The van der Waals surface area contributed by atoms with Gasteiger partial charge in [-0.2, -0.15) is 0 Å². The molecular formula is C16H21N3O4. The van der Waals surface area contributed by atoms with Crippen molar-refractivity contribution in [3.8, 4) is 0 Å². The van der Waals surface area contributed by atoms with Crippen LogP contribution in [0, 0.1) is 16.0 Å². The van der Waals surface area contributed by atoms with Gasteiger partial charge in [0.15, 0.2) is 0 Å². The lowest BCUT2D eigenvalue weighted by Crippen LogP contribution is -2.48. The van der Waals surface area contributed by atoms with Gasteiger partial charge >= 0.3 is 0 Å². The van der Waals surface area contributed by atoms with Crippen LogP contribution in [0.4, 0.5) is 5.69 Å². The monoisotopic (exact) mass is 319 g/mol. The molecule has 1 aromatic rings. The van der Waals surface area contributed by atoms with Crippen LogP contribution >= 0.6 is 0 Å². The molecule has 1 atom stereocenters. The smallest absolute Gasteiger partial charge is 0.272 e. The molecule has 23 heavy (non-hydrogen) atoms. The minimum Gasteiger partial charge on any atom is -0.368 e. The van der Waals surface area contributed by atoms with Gasteiger partial charge in [-0.25, -0.2) is 0 Å². The fourth-order valence-corrected chi connectivity index (χ4v) is 2.96. The maximum atomic E-state index is 12.3. The largest absolute Gasteiger partial charge is 0.368 e. The third-order valence-electron chi connectivity index (χ3n) is 4.25. The topological polar surface area (TPSA) is 115 Å². The van der Waals surface area contributed by atoms with E-state index in [1.807, 2.05) is 0 Å². The highest BCUT2D eigenvalue weighted by molar-refractivity contribution is 5.87. The number of carbonyl (C=O) groups is 2. The van der Waals surface area contributed by atoms with E-state index in [0.717, 1.165) is 32.1 Å². The summed E-state index contributed by atoms with van der Waals surface area (Å²) in [4.78, 5) is 34.5. The Kier molecular flexibility index (Phi) is 5.67. The molecule has 0 radical (unpaired) electrons. The number of para-hydroxylation sites is 1. The third kappa shape index (κ3) is 4.51. The van der Waals surface area contributed by atoms with Crippen molar-refractivity contribution in [1.29, 1.82) is 0 Å². The van der Waals surface area contributed by atoms with Crippen LogP contribution in [-0.2, 0) is 16.0 Å². The van der Waals surface area contributed by atoms with Gasteiger partial charge in [0.1, 0.15) is 6.04 Å². The van der Waals surface area contributed by atoms with E-state index in [2.05, 4.69) is 5.32 Å². The number of nitrogens with zero attached hydrogens (tertiary/aromatic N) is 1. The van der Waals surface area contributed by atoms with E-state index in [1.165, 1.54) is 6.07 Å². The lowest BCUT2D eigenvalue weighted by molar-refractivity contribution is -0.385. The quantitative estimate of drug-likeness (QED) is 0.613. The summed E-state index contributed by atoms with van der Waals surface area (Å²) in [5.74, 6) is -0.976. The zero-order chi connectivity index (χ0) is 16.8. The first-order valence-corrected chi connectivity index (χ1v) is 7.81. The SMILES string of the molecule is NC(=O)[C@H](Cc1ccccc1[N+](=O)[O-])NC(=O)C1CCCCC1. The number of nitro benzene ring substituents is 1. The Morgan fingerprint density at radius 3 is 2.52 bits per heavy atom. The summed E-state index contributed by atoms with van der Waals surface area (Å²) in [5, 5.41) is 13.7. The summed E-state index contributed by atoms with van der Waals surface area (Å²) in [6.45, 7) is 0. The van der Waals surface area contributed by atoms with Crippen LogP contribution in [0.1, 0.15) is 37.7 Å². The van der Waals surface area contributed by atoms with E-state index in [9.17, 15) is 19.7 Å². The van der Waals surface area contributed by atoms with Crippen molar-refractivity contribution in [2.24, 2.45) is 11.7 Å². The molecule has 7 nitrogen and oxygen atoms in total. The first kappa shape index (κ1) is 16.9. The minimum atomic E-state index is -0.939. The molecule has 1 saturated carbocycles. The Balaban J connectivity index is 2.08. The normalized spacial score (nSPS) is 16.5. The number of carbonyl (C=O) groups excluding carboxylic acids is 2. The molecule has 7 heteroatoms. The number of hydrogen-bond acceptors (Lipinski definition) is 4. The van der Waals surface area contributed by atoms with Crippen LogP contribution in [0.5, 0.6) is 0 Å². The molecule has 0 spiro atoms. The van der Waals surface area contributed by atoms with Crippen molar-refractivity contribution >= 4 is 17.5 Å². The summed E-state index contributed by atoms with van der Waals surface area (Å²) in [6, 6.07) is 5.22.